The van der Waals surface area contributed by atoms with Crippen molar-refractivity contribution in [1.29, 1.82) is 0 Å². The predicted molar refractivity (Wildman–Crippen MR) is 57.5 cm³/mol. The van der Waals surface area contributed by atoms with Gasteiger partial charge in [-0.1, -0.05) is 24.3 Å². The minimum atomic E-state index is -0.966. The van der Waals surface area contributed by atoms with E-state index in [2.05, 4.69) is 5.32 Å². The molecule has 1 aromatic carbocycles. The maximum Gasteiger partial charge on any atom is 0.149 e. The van der Waals surface area contributed by atoms with Gasteiger partial charge in [-0.15, -0.1) is 0 Å². The van der Waals surface area contributed by atoms with Crippen LogP contribution in [0.25, 0.3) is 0 Å². The van der Waals surface area contributed by atoms with Crippen LogP contribution in [-0.2, 0) is 4.74 Å². The van der Waals surface area contributed by atoms with Crippen LogP contribution in [-0.4, -0.2) is 20.2 Å². The number of fused-ring (bicyclic) bond motifs is 1. The van der Waals surface area contributed by atoms with Crippen LogP contribution in [0.3, 0.4) is 0 Å². The van der Waals surface area contributed by atoms with Gasteiger partial charge in [-0.2, -0.15) is 0 Å². The van der Waals surface area contributed by atoms with Gasteiger partial charge in [0.05, 0.1) is 12.7 Å². The first-order valence-corrected chi connectivity index (χ1v) is 5.32. The molecule has 0 spiro atoms. The maximum atomic E-state index is 13.5. The van der Waals surface area contributed by atoms with Gasteiger partial charge in [-0.3, -0.25) is 0 Å². The molecule has 0 radical (unpaired) electrons. The molecule has 0 amide bonds. The molecule has 0 saturated carbocycles. The molecule has 2 nitrogen and oxygen atoms in total. The van der Waals surface area contributed by atoms with Gasteiger partial charge in [0.1, 0.15) is 6.17 Å². The van der Waals surface area contributed by atoms with E-state index in [-0.39, 0.29) is 12.7 Å². The van der Waals surface area contributed by atoms with Crippen LogP contribution in [0.2, 0.25) is 0 Å². The van der Waals surface area contributed by atoms with Gasteiger partial charge in [-0.05, 0) is 31.1 Å². The number of halogens is 1. The molecule has 2 atom stereocenters. The van der Waals surface area contributed by atoms with E-state index in [1.807, 2.05) is 31.3 Å². The summed E-state index contributed by atoms with van der Waals surface area (Å²) in [5.74, 6) is 0. The molecule has 1 aliphatic heterocycles. The third kappa shape index (κ3) is 2.19. The van der Waals surface area contributed by atoms with Crippen LogP contribution in [0, 0.1) is 0 Å². The van der Waals surface area contributed by atoms with E-state index in [0.717, 1.165) is 24.1 Å². The van der Waals surface area contributed by atoms with Crippen molar-refractivity contribution in [2.45, 2.75) is 18.7 Å². The summed E-state index contributed by atoms with van der Waals surface area (Å²) in [6.07, 6.45) is -0.0343. The van der Waals surface area contributed by atoms with Gasteiger partial charge in [0.15, 0.2) is 0 Å². The molecular formula is C12H16FNO. The molecule has 0 aliphatic carbocycles. The minimum absolute atomic E-state index is 0.0423. The highest BCUT2D eigenvalue weighted by atomic mass is 19.1. The van der Waals surface area contributed by atoms with Crippen molar-refractivity contribution in [3.63, 3.8) is 0 Å². The van der Waals surface area contributed by atoms with Crippen molar-refractivity contribution >= 4 is 0 Å². The molecule has 1 aliphatic rings. The van der Waals surface area contributed by atoms with Crippen LogP contribution < -0.4 is 5.32 Å². The highest BCUT2D eigenvalue weighted by Gasteiger charge is 2.26. The number of hydrogen-bond donors (Lipinski definition) is 1. The molecule has 1 aromatic rings. The highest BCUT2D eigenvalue weighted by Crippen LogP contribution is 2.35. The Bertz CT molecular complexity index is 329. The fourth-order valence-electron chi connectivity index (χ4n) is 1.98. The monoisotopic (exact) mass is 209 g/mol. The molecule has 1 heterocycles. The van der Waals surface area contributed by atoms with Crippen molar-refractivity contribution in [3.8, 4) is 0 Å². The zero-order valence-electron chi connectivity index (χ0n) is 8.87. The number of rotatable bonds is 3. The first-order valence-electron chi connectivity index (χ1n) is 5.32. The highest BCUT2D eigenvalue weighted by molar-refractivity contribution is 5.32. The second kappa shape index (κ2) is 4.73. The minimum Gasteiger partial charge on any atom is -0.370 e. The van der Waals surface area contributed by atoms with Crippen LogP contribution in [0.4, 0.5) is 4.39 Å². The molecule has 0 aromatic heterocycles. The standard InChI is InChI=1S/C12H16FNO/c1-14-7-6-12-10-5-3-2-4-9(10)11(13)8-15-12/h2-5,11-12,14H,6-8H2,1H3/t11-,12-/m0/s1. The zero-order valence-corrected chi connectivity index (χ0v) is 8.87. The molecule has 0 fully saturated rings. The Balaban J connectivity index is 2.20. The third-order valence-electron chi connectivity index (χ3n) is 2.78. The fourth-order valence-corrected chi connectivity index (χ4v) is 1.98. The van der Waals surface area contributed by atoms with Crippen LogP contribution >= 0.6 is 0 Å². The molecule has 0 saturated heterocycles. The van der Waals surface area contributed by atoms with E-state index in [9.17, 15) is 4.39 Å². The van der Waals surface area contributed by atoms with E-state index in [1.165, 1.54) is 0 Å². The molecule has 0 unspecified atom stereocenters. The van der Waals surface area contributed by atoms with Crippen molar-refractivity contribution in [3.05, 3.63) is 35.4 Å². The summed E-state index contributed by atoms with van der Waals surface area (Å²) < 4.78 is 19.0. The summed E-state index contributed by atoms with van der Waals surface area (Å²) >= 11 is 0. The summed E-state index contributed by atoms with van der Waals surface area (Å²) in [5, 5.41) is 3.08. The predicted octanol–water partition coefficient (Wildman–Crippen LogP) is 2.38. The normalized spacial score (nSPS) is 24.9. The molecular weight excluding hydrogens is 193 g/mol. The van der Waals surface area contributed by atoms with Gasteiger partial charge < -0.3 is 10.1 Å². The smallest absolute Gasteiger partial charge is 0.149 e. The summed E-state index contributed by atoms with van der Waals surface area (Å²) in [5.41, 5.74) is 1.80. The zero-order chi connectivity index (χ0) is 10.7. The maximum absolute atomic E-state index is 13.5. The summed E-state index contributed by atoms with van der Waals surface area (Å²) in [6, 6.07) is 7.63. The SMILES string of the molecule is CNCC[C@@H]1OC[C@H](F)c2ccccc21. The van der Waals surface area contributed by atoms with E-state index in [1.54, 1.807) is 0 Å². The van der Waals surface area contributed by atoms with E-state index < -0.39 is 6.17 Å². The van der Waals surface area contributed by atoms with Gasteiger partial charge in [0, 0.05) is 0 Å². The molecule has 0 bridgehead atoms. The van der Waals surface area contributed by atoms with Crippen molar-refractivity contribution in [2.24, 2.45) is 0 Å². The lowest BCUT2D eigenvalue weighted by molar-refractivity contribution is -0.00481. The van der Waals surface area contributed by atoms with Gasteiger partial charge in [0.2, 0.25) is 0 Å². The van der Waals surface area contributed by atoms with Gasteiger partial charge >= 0.3 is 0 Å². The Morgan fingerprint density at radius 1 is 1.40 bits per heavy atom. The Morgan fingerprint density at radius 3 is 2.87 bits per heavy atom. The summed E-state index contributed by atoms with van der Waals surface area (Å²) in [7, 11) is 1.91. The molecule has 3 heteroatoms. The Morgan fingerprint density at radius 2 is 2.13 bits per heavy atom. The third-order valence-corrected chi connectivity index (χ3v) is 2.78. The Hall–Kier alpha value is -0.930. The number of nitrogens with one attached hydrogen (secondary N) is 1. The fraction of sp³-hybridized carbons (Fsp3) is 0.500. The molecule has 82 valence electrons. The van der Waals surface area contributed by atoms with E-state index in [0.29, 0.717) is 0 Å². The molecule has 2 rings (SSSR count). The average Bonchev–Trinajstić information content (AvgIpc) is 2.29. The molecule has 15 heavy (non-hydrogen) atoms. The quantitative estimate of drug-likeness (QED) is 0.825. The van der Waals surface area contributed by atoms with Crippen molar-refractivity contribution in [2.75, 3.05) is 20.2 Å². The van der Waals surface area contributed by atoms with Crippen LogP contribution in [0.1, 0.15) is 29.8 Å². The number of benzene rings is 1. The van der Waals surface area contributed by atoms with Gasteiger partial charge in [-0.25, -0.2) is 4.39 Å². The second-order valence-electron chi connectivity index (χ2n) is 3.81. The number of hydrogen-bond acceptors (Lipinski definition) is 2. The van der Waals surface area contributed by atoms with E-state index in [4.69, 9.17) is 4.74 Å². The summed E-state index contributed by atoms with van der Waals surface area (Å²) in [6.45, 7) is 1.07. The summed E-state index contributed by atoms with van der Waals surface area (Å²) in [4.78, 5) is 0. The largest absolute Gasteiger partial charge is 0.370 e. The second-order valence-corrected chi connectivity index (χ2v) is 3.81. The topological polar surface area (TPSA) is 21.3 Å². The van der Waals surface area contributed by atoms with Crippen LogP contribution in [0.15, 0.2) is 24.3 Å². The first kappa shape index (κ1) is 10.6. The number of ether oxygens (including phenoxy) is 1. The Labute approximate surface area is 89.4 Å². The van der Waals surface area contributed by atoms with Gasteiger partial charge in [0.25, 0.3) is 0 Å². The van der Waals surface area contributed by atoms with E-state index >= 15 is 0 Å². The lowest BCUT2D eigenvalue weighted by Crippen LogP contribution is -2.22. The average molecular weight is 209 g/mol. The Kier molecular flexibility index (Phi) is 3.34. The lowest BCUT2D eigenvalue weighted by atomic mass is 9.95. The van der Waals surface area contributed by atoms with Crippen molar-refractivity contribution < 1.29 is 9.13 Å². The number of alkyl halides is 1. The molecule has 1 N–H and O–H groups in total. The van der Waals surface area contributed by atoms with Crippen molar-refractivity contribution in [1.82, 2.24) is 5.32 Å². The first-order chi connectivity index (χ1) is 7.33. The van der Waals surface area contributed by atoms with Crippen LogP contribution in [0.5, 0.6) is 0 Å². The lowest BCUT2D eigenvalue weighted by Gasteiger charge is -2.28.